The van der Waals surface area contributed by atoms with E-state index in [0.29, 0.717) is 17.7 Å². The third-order valence-corrected chi connectivity index (χ3v) is 4.48. The van der Waals surface area contributed by atoms with Crippen molar-refractivity contribution in [2.75, 3.05) is 5.32 Å². The highest BCUT2D eigenvalue weighted by molar-refractivity contribution is 7.13. The van der Waals surface area contributed by atoms with Crippen molar-refractivity contribution in [3.63, 3.8) is 0 Å². The lowest BCUT2D eigenvalue weighted by atomic mass is 9.98. The minimum Gasteiger partial charge on any atom is -0.481 e. The van der Waals surface area contributed by atoms with E-state index in [1.807, 2.05) is 5.38 Å². The topological polar surface area (TPSA) is 62.2 Å². The molecule has 5 heteroatoms. The van der Waals surface area contributed by atoms with Crippen LogP contribution in [0.25, 0.3) is 0 Å². The Labute approximate surface area is 105 Å². The molecule has 0 radical (unpaired) electrons. The zero-order valence-electron chi connectivity index (χ0n) is 10.1. The summed E-state index contributed by atoms with van der Waals surface area (Å²) < 4.78 is 0. The van der Waals surface area contributed by atoms with Crippen molar-refractivity contribution < 1.29 is 9.90 Å². The van der Waals surface area contributed by atoms with Gasteiger partial charge in [0.1, 0.15) is 0 Å². The molecule has 0 aromatic carbocycles. The highest BCUT2D eigenvalue weighted by atomic mass is 32.1. The van der Waals surface area contributed by atoms with E-state index in [2.05, 4.69) is 24.1 Å². The van der Waals surface area contributed by atoms with Gasteiger partial charge in [0.2, 0.25) is 0 Å². The molecule has 1 aromatic heterocycles. The largest absolute Gasteiger partial charge is 0.481 e. The second-order valence-electron chi connectivity index (χ2n) is 4.88. The summed E-state index contributed by atoms with van der Waals surface area (Å²) in [6.45, 7) is 4.55. The fraction of sp³-hybridized carbons (Fsp3) is 0.667. The zero-order chi connectivity index (χ0) is 12.4. The predicted octanol–water partition coefficient (Wildman–Crippen LogP) is 2.62. The average molecular weight is 254 g/mol. The Hall–Kier alpha value is -1.10. The number of hydrogen-bond acceptors (Lipinski definition) is 4. The number of hydrogen-bond donors (Lipinski definition) is 2. The van der Waals surface area contributed by atoms with Crippen LogP contribution < -0.4 is 5.32 Å². The van der Waals surface area contributed by atoms with E-state index in [-0.39, 0.29) is 6.42 Å². The lowest BCUT2D eigenvalue weighted by molar-refractivity contribution is -0.136. The second kappa shape index (κ2) is 5.04. The lowest BCUT2D eigenvalue weighted by Gasteiger charge is -2.18. The normalized spacial score (nSPS) is 28.2. The summed E-state index contributed by atoms with van der Waals surface area (Å²) >= 11 is 1.50. The maximum atomic E-state index is 10.6. The van der Waals surface area contributed by atoms with Crippen LogP contribution in [-0.4, -0.2) is 22.1 Å². The lowest BCUT2D eigenvalue weighted by Crippen LogP contribution is -2.23. The minimum atomic E-state index is -0.829. The summed E-state index contributed by atoms with van der Waals surface area (Å²) in [5, 5.41) is 14.8. The SMILES string of the molecule is CC1CCC(Nc2nc(CC(=O)O)cs2)C1C. The fourth-order valence-corrected chi connectivity index (χ4v) is 3.11. The van der Waals surface area contributed by atoms with Crippen molar-refractivity contribution in [1.82, 2.24) is 4.98 Å². The van der Waals surface area contributed by atoms with Gasteiger partial charge in [0.25, 0.3) is 0 Å². The molecular formula is C12H18N2O2S. The molecule has 17 heavy (non-hydrogen) atoms. The molecule has 1 aromatic rings. The molecule has 0 aliphatic heterocycles. The molecule has 1 aliphatic carbocycles. The number of nitrogens with zero attached hydrogens (tertiary/aromatic N) is 1. The molecule has 0 saturated heterocycles. The Morgan fingerprint density at radius 2 is 2.35 bits per heavy atom. The highest BCUT2D eigenvalue weighted by Gasteiger charge is 2.30. The van der Waals surface area contributed by atoms with Crippen molar-refractivity contribution in [3.05, 3.63) is 11.1 Å². The van der Waals surface area contributed by atoms with Gasteiger partial charge in [-0.05, 0) is 24.7 Å². The molecule has 0 spiro atoms. The number of carboxylic acids is 1. The van der Waals surface area contributed by atoms with Crippen molar-refractivity contribution in [2.24, 2.45) is 11.8 Å². The van der Waals surface area contributed by atoms with Crippen molar-refractivity contribution in [2.45, 2.75) is 39.2 Å². The third kappa shape index (κ3) is 2.97. The standard InChI is InChI=1S/C12H18N2O2S/c1-7-3-4-10(8(7)2)14-12-13-9(6-17-12)5-11(15)16/h6-8,10H,3-5H2,1-2H3,(H,13,14)(H,15,16). The van der Waals surface area contributed by atoms with Crippen LogP contribution in [0.15, 0.2) is 5.38 Å². The Kier molecular flexibility index (Phi) is 3.66. The molecule has 1 fully saturated rings. The van der Waals surface area contributed by atoms with Crippen molar-refractivity contribution >= 4 is 22.4 Å². The minimum absolute atomic E-state index is 0.00873. The van der Waals surface area contributed by atoms with E-state index < -0.39 is 5.97 Å². The Bertz CT molecular complexity index is 405. The van der Waals surface area contributed by atoms with Gasteiger partial charge in [-0.2, -0.15) is 0 Å². The summed E-state index contributed by atoms with van der Waals surface area (Å²) in [7, 11) is 0. The molecule has 2 rings (SSSR count). The van der Waals surface area contributed by atoms with Gasteiger partial charge in [-0.3, -0.25) is 4.79 Å². The molecular weight excluding hydrogens is 236 g/mol. The number of nitrogens with one attached hydrogen (secondary N) is 1. The number of aliphatic carboxylic acids is 1. The molecule has 0 bridgehead atoms. The smallest absolute Gasteiger partial charge is 0.309 e. The van der Waals surface area contributed by atoms with E-state index in [0.717, 1.165) is 11.0 Å². The van der Waals surface area contributed by atoms with Crippen LogP contribution in [0.3, 0.4) is 0 Å². The summed E-state index contributed by atoms with van der Waals surface area (Å²) in [6.07, 6.45) is 2.44. The van der Waals surface area contributed by atoms with Crippen molar-refractivity contribution in [3.8, 4) is 0 Å². The van der Waals surface area contributed by atoms with Crippen LogP contribution in [0.1, 0.15) is 32.4 Å². The molecule has 0 amide bonds. The van der Waals surface area contributed by atoms with Gasteiger partial charge in [-0.1, -0.05) is 13.8 Å². The van der Waals surface area contributed by atoms with Gasteiger partial charge in [0, 0.05) is 11.4 Å². The van der Waals surface area contributed by atoms with Gasteiger partial charge in [-0.15, -0.1) is 11.3 Å². The summed E-state index contributed by atoms with van der Waals surface area (Å²) in [5.41, 5.74) is 0.642. The quantitative estimate of drug-likeness (QED) is 0.867. The van der Waals surface area contributed by atoms with E-state index in [1.165, 1.54) is 24.2 Å². The number of anilines is 1. The van der Waals surface area contributed by atoms with Crippen molar-refractivity contribution in [1.29, 1.82) is 0 Å². The molecule has 2 N–H and O–H groups in total. The molecule has 1 heterocycles. The maximum absolute atomic E-state index is 10.6. The van der Waals surface area contributed by atoms with Gasteiger partial charge in [0.05, 0.1) is 12.1 Å². The first-order valence-electron chi connectivity index (χ1n) is 5.99. The zero-order valence-corrected chi connectivity index (χ0v) is 11.0. The fourth-order valence-electron chi connectivity index (χ4n) is 2.34. The number of carbonyl (C=O) groups is 1. The van der Waals surface area contributed by atoms with Crippen LogP contribution >= 0.6 is 11.3 Å². The van der Waals surface area contributed by atoms with Gasteiger partial charge in [0.15, 0.2) is 5.13 Å². The molecule has 1 aliphatic rings. The summed E-state index contributed by atoms with van der Waals surface area (Å²) in [4.78, 5) is 14.9. The number of carboxylic acid groups (broad SMARTS) is 1. The first-order chi connectivity index (χ1) is 8.06. The van der Waals surface area contributed by atoms with Crippen LogP contribution in [0, 0.1) is 11.8 Å². The second-order valence-corrected chi connectivity index (χ2v) is 5.74. The number of rotatable bonds is 4. The first kappa shape index (κ1) is 12.4. The summed E-state index contributed by atoms with van der Waals surface area (Å²) in [6, 6.07) is 0.480. The van der Waals surface area contributed by atoms with Crippen LogP contribution in [0.2, 0.25) is 0 Å². The summed E-state index contributed by atoms with van der Waals surface area (Å²) in [5.74, 6) is 0.581. The maximum Gasteiger partial charge on any atom is 0.309 e. The van der Waals surface area contributed by atoms with Crippen LogP contribution in [0.4, 0.5) is 5.13 Å². The Morgan fingerprint density at radius 1 is 1.59 bits per heavy atom. The van der Waals surface area contributed by atoms with Crippen LogP contribution in [-0.2, 0) is 11.2 Å². The average Bonchev–Trinajstić information content (AvgIpc) is 2.80. The van der Waals surface area contributed by atoms with E-state index in [9.17, 15) is 4.79 Å². The molecule has 4 nitrogen and oxygen atoms in total. The van der Waals surface area contributed by atoms with Gasteiger partial charge >= 0.3 is 5.97 Å². The van der Waals surface area contributed by atoms with Gasteiger partial charge in [-0.25, -0.2) is 4.98 Å². The molecule has 94 valence electrons. The predicted molar refractivity (Wildman–Crippen MR) is 68.4 cm³/mol. The number of aromatic nitrogens is 1. The van der Waals surface area contributed by atoms with E-state index >= 15 is 0 Å². The van der Waals surface area contributed by atoms with Crippen LogP contribution in [0.5, 0.6) is 0 Å². The third-order valence-electron chi connectivity index (χ3n) is 3.66. The first-order valence-corrected chi connectivity index (χ1v) is 6.87. The van der Waals surface area contributed by atoms with Gasteiger partial charge < -0.3 is 10.4 Å². The van der Waals surface area contributed by atoms with E-state index in [1.54, 1.807) is 0 Å². The van der Waals surface area contributed by atoms with E-state index in [4.69, 9.17) is 5.11 Å². The molecule has 3 atom stereocenters. The Balaban J connectivity index is 1.95. The highest BCUT2D eigenvalue weighted by Crippen LogP contribution is 2.33. The molecule has 3 unspecified atom stereocenters. The molecule has 1 saturated carbocycles. The Morgan fingerprint density at radius 3 is 2.94 bits per heavy atom. The monoisotopic (exact) mass is 254 g/mol. The number of thiazole rings is 1.